The fourth-order valence-electron chi connectivity index (χ4n) is 2.60. The van der Waals surface area contributed by atoms with Gasteiger partial charge >= 0.3 is 0 Å². The van der Waals surface area contributed by atoms with Gasteiger partial charge in [0.2, 0.25) is 0 Å². The van der Waals surface area contributed by atoms with Gasteiger partial charge in [0, 0.05) is 16.7 Å². The summed E-state index contributed by atoms with van der Waals surface area (Å²) < 4.78 is 18.7. The second-order valence-electron chi connectivity index (χ2n) is 5.89. The molecule has 0 heterocycles. The number of nitro benzene ring substituents is 1. The van der Waals surface area contributed by atoms with Gasteiger partial charge in [0.15, 0.2) is 18.1 Å². The van der Waals surface area contributed by atoms with Crippen molar-refractivity contribution in [3.8, 4) is 5.75 Å². The Morgan fingerprint density at radius 2 is 2.07 bits per heavy atom. The summed E-state index contributed by atoms with van der Waals surface area (Å²) in [5.41, 5.74) is 0.530. The van der Waals surface area contributed by atoms with Crippen LogP contribution in [0.15, 0.2) is 36.4 Å². The summed E-state index contributed by atoms with van der Waals surface area (Å²) in [6.07, 6.45) is 0. The van der Waals surface area contributed by atoms with Crippen molar-refractivity contribution in [3.05, 3.63) is 62.9 Å². The molecule has 0 aliphatic carbocycles. The van der Waals surface area contributed by atoms with Crippen LogP contribution in [0.5, 0.6) is 5.75 Å². The fourth-order valence-corrected chi connectivity index (χ4v) is 2.77. The van der Waals surface area contributed by atoms with Gasteiger partial charge < -0.3 is 15.0 Å². The summed E-state index contributed by atoms with van der Waals surface area (Å²) in [7, 11) is 1.39. The van der Waals surface area contributed by atoms with Crippen LogP contribution in [-0.4, -0.2) is 31.0 Å². The second kappa shape index (κ2) is 9.29. The molecule has 0 saturated carbocycles. The largest absolute Gasteiger partial charge is 0.494 e. The minimum absolute atomic E-state index is 0.0733. The van der Waals surface area contributed by atoms with Gasteiger partial charge in [-0.2, -0.15) is 0 Å². The van der Waals surface area contributed by atoms with Crippen molar-refractivity contribution in [3.63, 3.8) is 0 Å². The van der Waals surface area contributed by atoms with Crippen molar-refractivity contribution in [2.24, 2.45) is 0 Å². The van der Waals surface area contributed by atoms with Crippen LogP contribution in [0.3, 0.4) is 0 Å². The van der Waals surface area contributed by atoms with E-state index in [1.54, 1.807) is 6.07 Å². The number of likely N-dealkylation sites (N-methyl/N-ethyl adjacent to an activating group) is 1. The lowest BCUT2D eigenvalue weighted by Gasteiger charge is -2.17. The highest BCUT2D eigenvalue weighted by molar-refractivity contribution is 6.31. The molecule has 0 aromatic heterocycles. The van der Waals surface area contributed by atoms with E-state index in [9.17, 15) is 19.3 Å². The van der Waals surface area contributed by atoms with Gasteiger partial charge in [0.1, 0.15) is 12.2 Å². The molecule has 2 rings (SSSR count). The molecule has 0 spiro atoms. The maximum Gasteiger partial charge on any atom is 0.294 e. The number of ether oxygens (including phenoxy) is 1. The monoisotopic (exact) mass is 396 g/mol. The van der Waals surface area contributed by atoms with E-state index in [1.165, 1.54) is 37.4 Å². The summed E-state index contributed by atoms with van der Waals surface area (Å²) in [6.45, 7) is 3.01. The van der Waals surface area contributed by atoms with Crippen molar-refractivity contribution in [2.45, 2.75) is 13.5 Å². The molecule has 144 valence electrons. The van der Waals surface area contributed by atoms with Crippen molar-refractivity contribution in [1.29, 1.82) is 0 Å². The first kappa shape index (κ1) is 20.6. The van der Waals surface area contributed by atoms with Crippen LogP contribution in [0, 0.1) is 15.9 Å². The Morgan fingerprint density at radius 3 is 2.67 bits per heavy atom. The lowest BCUT2D eigenvalue weighted by Crippen LogP contribution is -3.11. The normalized spacial score (nSPS) is 11.7. The average molecular weight is 397 g/mol. The summed E-state index contributed by atoms with van der Waals surface area (Å²) in [4.78, 5) is 23.7. The molecule has 7 nitrogen and oxygen atoms in total. The van der Waals surface area contributed by atoms with Crippen LogP contribution in [0.4, 0.5) is 15.8 Å². The third-order valence-corrected chi connectivity index (χ3v) is 4.25. The molecule has 9 heteroatoms. The number of anilines is 1. The van der Waals surface area contributed by atoms with Gasteiger partial charge in [-0.3, -0.25) is 14.9 Å². The van der Waals surface area contributed by atoms with Gasteiger partial charge in [-0.15, -0.1) is 0 Å². The van der Waals surface area contributed by atoms with Crippen molar-refractivity contribution in [2.75, 3.05) is 25.5 Å². The van der Waals surface area contributed by atoms with Crippen LogP contribution >= 0.6 is 11.6 Å². The van der Waals surface area contributed by atoms with Crippen LogP contribution in [0.2, 0.25) is 5.02 Å². The number of amides is 1. The Balaban J connectivity index is 2.05. The molecular weight excluding hydrogens is 377 g/mol. The Labute approximate surface area is 160 Å². The van der Waals surface area contributed by atoms with Gasteiger partial charge in [-0.1, -0.05) is 11.6 Å². The Kier molecular flexibility index (Phi) is 7.09. The van der Waals surface area contributed by atoms with Crippen LogP contribution in [0.1, 0.15) is 12.5 Å². The summed E-state index contributed by atoms with van der Waals surface area (Å²) >= 11 is 5.77. The van der Waals surface area contributed by atoms with E-state index in [1.807, 2.05) is 6.92 Å². The number of nitrogens with zero attached hydrogens (tertiary/aromatic N) is 1. The third-order valence-electron chi connectivity index (χ3n) is 4.01. The number of halogens is 2. The molecule has 1 amide bonds. The van der Waals surface area contributed by atoms with E-state index >= 15 is 0 Å². The Hall–Kier alpha value is -2.71. The first-order chi connectivity index (χ1) is 12.8. The van der Waals surface area contributed by atoms with E-state index in [2.05, 4.69) is 5.32 Å². The maximum atomic E-state index is 13.8. The van der Waals surface area contributed by atoms with Gasteiger partial charge in [-0.05, 0) is 37.3 Å². The number of quaternary nitrogens is 1. The summed E-state index contributed by atoms with van der Waals surface area (Å²) in [6, 6.07) is 8.68. The molecule has 0 fully saturated rings. The molecular formula is C18H20ClFN3O4+. The first-order valence-electron chi connectivity index (χ1n) is 8.23. The van der Waals surface area contributed by atoms with Gasteiger partial charge in [0.25, 0.3) is 11.6 Å². The number of hydrogen-bond acceptors (Lipinski definition) is 4. The molecule has 0 bridgehead atoms. The molecule has 1 atom stereocenters. The predicted octanol–water partition coefficient (Wildman–Crippen LogP) is 2.44. The van der Waals surface area contributed by atoms with Crippen molar-refractivity contribution >= 4 is 28.9 Å². The quantitative estimate of drug-likeness (QED) is 0.530. The zero-order valence-electron chi connectivity index (χ0n) is 14.9. The highest BCUT2D eigenvalue weighted by Gasteiger charge is 2.19. The second-order valence-corrected chi connectivity index (χ2v) is 6.33. The average Bonchev–Trinajstić information content (AvgIpc) is 2.62. The number of carbonyl (C=O) groups is 1. The van der Waals surface area contributed by atoms with E-state index in [0.717, 1.165) is 10.5 Å². The fraction of sp³-hybridized carbons (Fsp3) is 0.278. The van der Waals surface area contributed by atoms with E-state index in [0.29, 0.717) is 13.1 Å². The molecule has 2 aromatic rings. The molecule has 27 heavy (non-hydrogen) atoms. The molecule has 2 N–H and O–H groups in total. The van der Waals surface area contributed by atoms with Gasteiger partial charge in [-0.25, -0.2) is 4.39 Å². The number of hydrogen-bond donors (Lipinski definition) is 2. The topological polar surface area (TPSA) is 85.9 Å². The standard InChI is InChI=1S/C18H19ClFN3O4/c1-3-22(10-12-4-7-17(27-2)14(20)8-12)11-18(24)21-15-6-5-13(19)9-16(15)23(25)26/h4-9H,3,10-11H2,1-2H3,(H,21,24)/p+1. The van der Waals surface area contributed by atoms with E-state index in [-0.39, 0.29) is 34.6 Å². The lowest BCUT2D eigenvalue weighted by atomic mass is 10.2. The molecule has 0 radical (unpaired) electrons. The molecule has 2 aromatic carbocycles. The number of nitro groups is 1. The van der Waals surface area contributed by atoms with Gasteiger partial charge in [0.05, 0.1) is 18.6 Å². The van der Waals surface area contributed by atoms with Crippen LogP contribution in [0.25, 0.3) is 0 Å². The minimum atomic E-state index is -0.605. The molecule has 0 aliphatic heterocycles. The maximum absolute atomic E-state index is 13.8. The highest BCUT2D eigenvalue weighted by atomic mass is 35.5. The van der Waals surface area contributed by atoms with Crippen molar-refractivity contribution < 1.29 is 23.7 Å². The minimum Gasteiger partial charge on any atom is -0.494 e. The smallest absolute Gasteiger partial charge is 0.294 e. The summed E-state index contributed by atoms with van der Waals surface area (Å²) in [5, 5.41) is 13.9. The number of rotatable bonds is 8. The SMILES string of the molecule is CC[NH+](CC(=O)Nc1ccc(Cl)cc1[N+](=O)[O-])Cc1ccc(OC)c(F)c1. The Morgan fingerprint density at radius 1 is 1.33 bits per heavy atom. The number of carbonyl (C=O) groups excluding carboxylic acids is 1. The van der Waals surface area contributed by atoms with E-state index in [4.69, 9.17) is 16.3 Å². The molecule has 1 unspecified atom stereocenters. The molecule has 0 saturated heterocycles. The van der Waals surface area contributed by atoms with Crippen LogP contribution < -0.4 is 15.0 Å². The molecule has 0 aliphatic rings. The van der Waals surface area contributed by atoms with Crippen LogP contribution in [-0.2, 0) is 11.3 Å². The number of nitrogens with one attached hydrogen (secondary N) is 2. The van der Waals surface area contributed by atoms with Crippen molar-refractivity contribution in [1.82, 2.24) is 0 Å². The summed E-state index contributed by atoms with van der Waals surface area (Å²) in [5.74, 6) is -0.692. The lowest BCUT2D eigenvalue weighted by molar-refractivity contribution is -0.903. The zero-order valence-corrected chi connectivity index (χ0v) is 15.7. The third kappa shape index (κ3) is 5.63. The predicted molar refractivity (Wildman–Crippen MR) is 99.8 cm³/mol. The highest BCUT2D eigenvalue weighted by Crippen LogP contribution is 2.27. The number of methoxy groups -OCH3 is 1. The zero-order chi connectivity index (χ0) is 20.0. The number of benzene rings is 2. The first-order valence-corrected chi connectivity index (χ1v) is 8.61. The van der Waals surface area contributed by atoms with E-state index < -0.39 is 10.7 Å². The Bertz CT molecular complexity index is 847.